The zero-order valence-electron chi connectivity index (χ0n) is 12.5. The molecule has 118 valence electrons. The molecule has 7 heteroatoms. The number of aromatic nitrogens is 3. The van der Waals surface area contributed by atoms with Gasteiger partial charge in [0.05, 0.1) is 11.4 Å². The van der Waals surface area contributed by atoms with E-state index in [9.17, 15) is 4.79 Å². The maximum absolute atomic E-state index is 11.7. The van der Waals surface area contributed by atoms with Crippen molar-refractivity contribution in [3.8, 4) is 5.69 Å². The molecular weight excluding hydrogens is 300 g/mol. The second-order valence-corrected chi connectivity index (χ2v) is 5.62. The third kappa shape index (κ3) is 4.32. The molecule has 6 nitrogen and oxygen atoms in total. The first-order valence-corrected chi connectivity index (χ1v) is 8.23. The Balaban J connectivity index is 2.02. The van der Waals surface area contributed by atoms with Crippen LogP contribution in [-0.2, 0) is 11.2 Å². The molecule has 0 saturated heterocycles. The minimum atomic E-state index is -0.0724. The highest BCUT2D eigenvalue weighted by molar-refractivity contribution is 7.99. The number of rotatable bonds is 8. The maximum Gasteiger partial charge on any atom is 0.230 e. The normalized spacial score (nSPS) is 10.6. The van der Waals surface area contributed by atoms with Crippen LogP contribution in [-0.4, -0.2) is 44.7 Å². The van der Waals surface area contributed by atoms with Crippen LogP contribution in [0.25, 0.3) is 5.69 Å². The molecule has 1 heterocycles. The number of amides is 1. The molecule has 2 N–H and O–H groups in total. The summed E-state index contributed by atoms with van der Waals surface area (Å²) < 4.78 is 1.91. The molecule has 2 aromatic rings. The maximum atomic E-state index is 11.7. The Labute approximate surface area is 133 Å². The van der Waals surface area contributed by atoms with Crippen LogP contribution in [0.1, 0.15) is 18.9 Å². The van der Waals surface area contributed by atoms with Crippen LogP contribution in [0.2, 0.25) is 0 Å². The predicted molar refractivity (Wildman–Crippen MR) is 86.2 cm³/mol. The Morgan fingerprint density at radius 1 is 1.41 bits per heavy atom. The quantitative estimate of drug-likeness (QED) is 0.568. The number of benzene rings is 1. The van der Waals surface area contributed by atoms with Gasteiger partial charge in [0.2, 0.25) is 5.91 Å². The molecule has 0 radical (unpaired) electrons. The molecule has 0 aliphatic rings. The van der Waals surface area contributed by atoms with Gasteiger partial charge >= 0.3 is 0 Å². The van der Waals surface area contributed by atoms with Crippen LogP contribution in [0.3, 0.4) is 0 Å². The number of aliphatic hydroxyl groups is 1. The number of nitrogens with one attached hydrogen (secondary N) is 1. The minimum absolute atomic E-state index is 0.0724. The van der Waals surface area contributed by atoms with Crippen LogP contribution in [0.5, 0.6) is 0 Å². The molecule has 0 aliphatic carbocycles. The Bertz CT molecular complexity index is 615. The van der Waals surface area contributed by atoms with E-state index in [0.717, 1.165) is 12.1 Å². The van der Waals surface area contributed by atoms with E-state index < -0.39 is 0 Å². The molecule has 2 rings (SSSR count). The van der Waals surface area contributed by atoms with Gasteiger partial charge in [-0.3, -0.25) is 9.36 Å². The van der Waals surface area contributed by atoms with E-state index in [2.05, 4.69) is 28.5 Å². The van der Waals surface area contributed by atoms with Crippen molar-refractivity contribution in [2.75, 3.05) is 18.9 Å². The van der Waals surface area contributed by atoms with E-state index in [1.165, 1.54) is 17.3 Å². The Morgan fingerprint density at radius 3 is 3.00 bits per heavy atom. The van der Waals surface area contributed by atoms with E-state index in [1.54, 1.807) is 6.33 Å². The number of carbonyl (C=O) groups excluding carboxylic acids is 1. The predicted octanol–water partition coefficient (Wildman–Crippen LogP) is 1.42. The lowest BCUT2D eigenvalue weighted by Gasteiger charge is -2.10. The summed E-state index contributed by atoms with van der Waals surface area (Å²) in [7, 11) is 0. The highest BCUT2D eigenvalue weighted by Gasteiger charge is 2.11. The monoisotopic (exact) mass is 320 g/mol. The highest BCUT2D eigenvalue weighted by Crippen LogP contribution is 2.22. The van der Waals surface area contributed by atoms with E-state index in [0.29, 0.717) is 18.1 Å². The summed E-state index contributed by atoms with van der Waals surface area (Å²) in [5.41, 5.74) is 2.25. The average molecular weight is 320 g/mol. The van der Waals surface area contributed by atoms with Crippen molar-refractivity contribution in [2.24, 2.45) is 0 Å². The van der Waals surface area contributed by atoms with Crippen molar-refractivity contribution in [2.45, 2.75) is 24.9 Å². The second kappa shape index (κ2) is 8.55. The fourth-order valence-corrected chi connectivity index (χ4v) is 2.77. The lowest BCUT2D eigenvalue weighted by atomic mass is 10.1. The standard InChI is InChI=1S/C15H20N4O2S/c1-2-12-6-3-4-7-13(12)19-11-17-18-15(19)22-10-14(21)16-8-5-9-20/h3-4,6-7,11,20H,2,5,8-10H2,1H3,(H,16,21). The summed E-state index contributed by atoms with van der Waals surface area (Å²) in [4.78, 5) is 11.7. The number of aliphatic hydroxyl groups excluding tert-OH is 1. The molecule has 1 aromatic heterocycles. The first kappa shape index (κ1) is 16.5. The summed E-state index contributed by atoms with van der Waals surface area (Å²) in [6, 6.07) is 8.08. The lowest BCUT2D eigenvalue weighted by Crippen LogP contribution is -2.26. The van der Waals surface area contributed by atoms with Crippen LogP contribution < -0.4 is 5.32 Å². The molecule has 0 spiro atoms. The number of thioether (sulfide) groups is 1. The van der Waals surface area contributed by atoms with Crippen molar-refractivity contribution in [3.63, 3.8) is 0 Å². The van der Waals surface area contributed by atoms with Crippen LogP contribution in [0.4, 0.5) is 0 Å². The highest BCUT2D eigenvalue weighted by atomic mass is 32.2. The molecule has 1 aromatic carbocycles. The first-order valence-electron chi connectivity index (χ1n) is 7.25. The summed E-state index contributed by atoms with van der Waals surface area (Å²) >= 11 is 1.35. The fourth-order valence-electron chi connectivity index (χ4n) is 2.02. The summed E-state index contributed by atoms with van der Waals surface area (Å²) in [5.74, 6) is 0.204. The summed E-state index contributed by atoms with van der Waals surface area (Å²) in [5, 5.41) is 20.2. The number of carbonyl (C=O) groups is 1. The van der Waals surface area contributed by atoms with Gasteiger partial charge in [-0.1, -0.05) is 36.9 Å². The molecule has 1 amide bonds. The summed E-state index contributed by atoms with van der Waals surface area (Å²) in [6.45, 7) is 2.67. The third-order valence-electron chi connectivity index (χ3n) is 3.14. The third-order valence-corrected chi connectivity index (χ3v) is 4.08. The van der Waals surface area contributed by atoms with Gasteiger partial charge in [0.15, 0.2) is 5.16 Å². The molecule has 0 aliphatic heterocycles. The van der Waals surface area contributed by atoms with E-state index in [-0.39, 0.29) is 18.3 Å². The molecule has 0 fully saturated rings. The van der Waals surface area contributed by atoms with Gasteiger partial charge in [-0.25, -0.2) is 0 Å². The van der Waals surface area contributed by atoms with Crippen molar-refractivity contribution in [1.29, 1.82) is 0 Å². The number of hydrogen-bond acceptors (Lipinski definition) is 5. The van der Waals surface area contributed by atoms with Crippen LogP contribution in [0, 0.1) is 0 Å². The van der Waals surface area contributed by atoms with Gasteiger partial charge < -0.3 is 10.4 Å². The van der Waals surface area contributed by atoms with Gasteiger partial charge in [-0.15, -0.1) is 10.2 Å². The SMILES string of the molecule is CCc1ccccc1-n1cnnc1SCC(=O)NCCCO. The van der Waals surface area contributed by atoms with Crippen molar-refractivity contribution in [1.82, 2.24) is 20.1 Å². The minimum Gasteiger partial charge on any atom is -0.396 e. The Morgan fingerprint density at radius 2 is 2.23 bits per heavy atom. The van der Waals surface area contributed by atoms with Gasteiger partial charge in [0, 0.05) is 13.2 Å². The van der Waals surface area contributed by atoms with Crippen molar-refractivity contribution in [3.05, 3.63) is 36.2 Å². The van der Waals surface area contributed by atoms with E-state index in [4.69, 9.17) is 5.11 Å². The van der Waals surface area contributed by atoms with E-state index in [1.807, 2.05) is 22.8 Å². The molecule has 22 heavy (non-hydrogen) atoms. The molecule has 0 unspecified atom stereocenters. The average Bonchev–Trinajstić information content (AvgIpc) is 3.01. The van der Waals surface area contributed by atoms with Gasteiger partial charge in [0.1, 0.15) is 6.33 Å². The fraction of sp³-hybridized carbons (Fsp3) is 0.400. The van der Waals surface area contributed by atoms with Crippen molar-refractivity contribution >= 4 is 17.7 Å². The number of para-hydroxylation sites is 1. The Kier molecular flexibility index (Phi) is 6.42. The summed E-state index contributed by atoms with van der Waals surface area (Å²) in [6.07, 6.45) is 3.15. The topological polar surface area (TPSA) is 80.0 Å². The van der Waals surface area contributed by atoms with Gasteiger partial charge in [0.25, 0.3) is 0 Å². The van der Waals surface area contributed by atoms with Crippen LogP contribution >= 0.6 is 11.8 Å². The Hall–Kier alpha value is -1.86. The number of aryl methyl sites for hydroxylation is 1. The molecule has 0 bridgehead atoms. The van der Waals surface area contributed by atoms with Gasteiger partial charge in [-0.05, 0) is 24.5 Å². The number of nitrogens with zero attached hydrogens (tertiary/aromatic N) is 3. The first-order chi connectivity index (χ1) is 10.8. The van der Waals surface area contributed by atoms with E-state index >= 15 is 0 Å². The molecule has 0 atom stereocenters. The lowest BCUT2D eigenvalue weighted by molar-refractivity contribution is -0.118. The van der Waals surface area contributed by atoms with Gasteiger partial charge in [-0.2, -0.15) is 0 Å². The zero-order chi connectivity index (χ0) is 15.8. The molecular formula is C15H20N4O2S. The van der Waals surface area contributed by atoms with Crippen LogP contribution in [0.15, 0.2) is 35.7 Å². The molecule has 0 saturated carbocycles. The van der Waals surface area contributed by atoms with Crippen molar-refractivity contribution < 1.29 is 9.90 Å². The largest absolute Gasteiger partial charge is 0.396 e. The zero-order valence-corrected chi connectivity index (χ0v) is 13.3. The number of hydrogen-bond donors (Lipinski definition) is 2. The second-order valence-electron chi connectivity index (χ2n) is 4.68. The smallest absolute Gasteiger partial charge is 0.230 e.